The van der Waals surface area contributed by atoms with E-state index in [1.807, 2.05) is 146 Å². The van der Waals surface area contributed by atoms with Gasteiger partial charge in [-0.05, 0) is 70.8 Å². The zero-order valence-electron chi connectivity index (χ0n) is 32.2. The monoisotopic (exact) mass is 810 g/mol. The van der Waals surface area contributed by atoms with Gasteiger partial charge in [0.25, 0.3) is 0 Å². The average Bonchev–Trinajstić information content (AvgIpc) is 3.91. The van der Waals surface area contributed by atoms with Crippen molar-refractivity contribution in [2.45, 2.75) is 26.1 Å². The van der Waals surface area contributed by atoms with Crippen molar-refractivity contribution < 1.29 is 32.9 Å². The van der Waals surface area contributed by atoms with Crippen LogP contribution >= 0.6 is 7.60 Å². The van der Waals surface area contributed by atoms with Gasteiger partial charge in [-0.15, -0.1) is 0 Å². The van der Waals surface area contributed by atoms with E-state index in [4.69, 9.17) is 39.8 Å². The van der Waals surface area contributed by atoms with Crippen LogP contribution in [0.25, 0.3) is 22.6 Å². The minimum absolute atomic E-state index is 0.431. The molecule has 14 heteroatoms. The van der Waals surface area contributed by atoms with Crippen LogP contribution in [0.4, 0.5) is 11.6 Å². The van der Waals surface area contributed by atoms with Crippen molar-refractivity contribution in [3.8, 4) is 34.1 Å². The van der Waals surface area contributed by atoms with E-state index in [9.17, 15) is 4.57 Å². The van der Waals surface area contributed by atoms with E-state index < -0.39 is 7.60 Å². The first-order chi connectivity index (χ1) is 28.6. The van der Waals surface area contributed by atoms with Gasteiger partial charge in [-0.2, -0.15) is 0 Å². The lowest BCUT2D eigenvalue weighted by Gasteiger charge is -2.07. The van der Waals surface area contributed by atoms with Crippen molar-refractivity contribution in [1.29, 1.82) is 0 Å². The van der Waals surface area contributed by atoms with E-state index >= 15 is 0 Å². The van der Waals surface area contributed by atoms with Gasteiger partial charge < -0.3 is 39.8 Å². The Balaban J connectivity index is 0.000000178. The molecular formula is C45H43N6O7P. The third-order valence-corrected chi connectivity index (χ3v) is 8.44. The first kappa shape index (κ1) is 41.6. The molecule has 4 aromatic heterocycles. The standard InChI is InChI=1S/2C22H19N3O2.CH5O3P/c2*23-22-20(7-4-12-24-22)21-14-18(25-27-21)13-16-8-10-19(11-9-16)26-15-17-5-2-1-3-6-17;1-5(2,3)4/h2*1-12,14H,13,15H2,(H2,23,24);1H3,(H2,2,3,4). The van der Waals surface area contributed by atoms with E-state index in [1.54, 1.807) is 12.4 Å². The maximum atomic E-state index is 9.33. The van der Waals surface area contributed by atoms with Gasteiger partial charge in [0.05, 0.1) is 22.5 Å². The number of rotatable bonds is 12. The molecule has 13 nitrogen and oxygen atoms in total. The first-order valence-corrected chi connectivity index (χ1v) is 20.5. The Morgan fingerprint density at radius 2 is 0.915 bits per heavy atom. The molecule has 0 radical (unpaired) electrons. The highest BCUT2D eigenvalue weighted by atomic mass is 31.2. The normalized spacial score (nSPS) is 10.8. The smallest absolute Gasteiger partial charge is 0.322 e. The number of ether oxygens (including phenoxy) is 2. The molecule has 0 amide bonds. The predicted molar refractivity (Wildman–Crippen MR) is 226 cm³/mol. The Morgan fingerprint density at radius 3 is 1.27 bits per heavy atom. The van der Waals surface area contributed by atoms with E-state index in [0.717, 1.165) is 62.9 Å². The Kier molecular flexibility index (Phi) is 14.4. The molecule has 4 heterocycles. The minimum atomic E-state index is -3.64. The molecule has 0 saturated carbocycles. The van der Waals surface area contributed by atoms with Crippen molar-refractivity contribution in [1.82, 2.24) is 20.3 Å². The summed E-state index contributed by atoms with van der Waals surface area (Å²) in [5.41, 5.74) is 19.5. The molecule has 0 atom stereocenters. The predicted octanol–water partition coefficient (Wildman–Crippen LogP) is 8.77. The Labute approximate surface area is 341 Å². The molecule has 0 bridgehead atoms. The number of hydrogen-bond donors (Lipinski definition) is 4. The van der Waals surface area contributed by atoms with Gasteiger partial charge in [0.15, 0.2) is 11.5 Å². The number of benzene rings is 4. The van der Waals surface area contributed by atoms with Crippen LogP contribution < -0.4 is 20.9 Å². The van der Waals surface area contributed by atoms with Gasteiger partial charge in [-0.1, -0.05) is 95.2 Å². The van der Waals surface area contributed by atoms with Gasteiger partial charge >= 0.3 is 7.60 Å². The van der Waals surface area contributed by atoms with Crippen molar-refractivity contribution in [3.63, 3.8) is 0 Å². The zero-order chi connectivity index (χ0) is 41.5. The summed E-state index contributed by atoms with van der Waals surface area (Å²) in [5, 5.41) is 8.28. The van der Waals surface area contributed by atoms with Crippen LogP contribution in [0, 0.1) is 0 Å². The number of nitrogens with two attached hydrogens (primary N) is 2. The maximum absolute atomic E-state index is 9.33. The van der Waals surface area contributed by atoms with Crippen LogP contribution in [0.3, 0.4) is 0 Å². The molecule has 0 aliphatic rings. The number of aromatic nitrogens is 4. The van der Waals surface area contributed by atoms with Crippen LogP contribution in [0.5, 0.6) is 11.5 Å². The van der Waals surface area contributed by atoms with Crippen LogP contribution in [0.1, 0.15) is 33.6 Å². The second-order valence-corrected chi connectivity index (χ2v) is 14.9. The van der Waals surface area contributed by atoms with Crippen molar-refractivity contribution in [2.75, 3.05) is 18.1 Å². The summed E-state index contributed by atoms with van der Waals surface area (Å²) in [4.78, 5) is 23.4. The molecule has 0 unspecified atom stereocenters. The second-order valence-electron chi connectivity index (χ2n) is 13.3. The Bertz CT molecular complexity index is 2370. The maximum Gasteiger partial charge on any atom is 0.322 e. The summed E-state index contributed by atoms with van der Waals surface area (Å²) >= 11 is 0. The second kappa shape index (κ2) is 20.4. The fourth-order valence-electron chi connectivity index (χ4n) is 5.60. The highest BCUT2D eigenvalue weighted by Crippen LogP contribution is 2.28. The van der Waals surface area contributed by atoms with Crippen molar-refractivity contribution >= 4 is 19.2 Å². The summed E-state index contributed by atoms with van der Waals surface area (Å²) in [5.74, 6) is 3.79. The lowest BCUT2D eigenvalue weighted by molar-refractivity contribution is 0.306. The molecule has 8 rings (SSSR count). The minimum Gasteiger partial charge on any atom is -0.489 e. The Morgan fingerprint density at radius 1 is 0.542 bits per heavy atom. The molecule has 300 valence electrons. The third-order valence-electron chi connectivity index (χ3n) is 8.44. The van der Waals surface area contributed by atoms with E-state index in [-0.39, 0.29) is 0 Å². The summed E-state index contributed by atoms with van der Waals surface area (Å²) in [6.07, 6.45) is 4.64. The van der Waals surface area contributed by atoms with Gasteiger partial charge in [0.2, 0.25) is 0 Å². The lowest BCUT2D eigenvalue weighted by Crippen LogP contribution is -1.95. The molecule has 0 fully saturated rings. The average molecular weight is 811 g/mol. The van der Waals surface area contributed by atoms with Gasteiger partial charge in [0, 0.05) is 44.0 Å². The molecule has 59 heavy (non-hydrogen) atoms. The largest absolute Gasteiger partial charge is 0.489 e. The van der Waals surface area contributed by atoms with Gasteiger partial charge in [-0.3, -0.25) is 4.57 Å². The SMILES string of the molecule is CP(=O)(O)O.Nc1ncccc1-c1cc(Cc2ccc(OCc3ccccc3)cc2)no1.Nc1ncccc1-c1cc(Cc2ccc(OCc3ccccc3)cc2)no1. The number of nitrogens with zero attached hydrogens (tertiary/aromatic N) is 4. The molecular weight excluding hydrogens is 768 g/mol. The van der Waals surface area contributed by atoms with Crippen molar-refractivity contribution in [3.05, 3.63) is 192 Å². The summed E-state index contributed by atoms with van der Waals surface area (Å²) in [6, 6.07) is 47.4. The first-order valence-electron chi connectivity index (χ1n) is 18.4. The summed E-state index contributed by atoms with van der Waals surface area (Å²) in [7, 11) is -3.64. The molecule has 0 aliphatic carbocycles. The van der Waals surface area contributed by atoms with E-state index in [1.165, 1.54) is 0 Å². The van der Waals surface area contributed by atoms with Gasteiger partial charge in [0.1, 0.15) is 36.3 Å². The van der Waals surface area contributed by atoms with Crippen LogP contribution in [-0.4, -0.2) is 36.7 Å². The summed E-state index contributed by atoms with van der Waals surface area (Å²) < 4.78 is 31.8. The fourth-order valence-corrected chi connectivity index (χ4v) is 5.60. The van der Waals surface area contributed by atoms with Crippen LogP contribution in [0.15, 0.2) is 167 Å². The van der Waals surface area contributed by atoms with Crippen molar-refractivity contribution in [2.24, 2.45) is 0 Å². The molecule has 0 spiro atoms. The number of hydrogen-bond acceptors (Lipinski definition) is 11. The molecule has 6 N–H and O–H groups in total. The van der Waals surface area contributed by atoms with Crippen LogP contribution in [-0.2, 0) is 30.6 Å². The number of anilines is 2. The highest BCUT2D eigenvalue weighted by Gasteiger charge is 2.12. The Hall–Kier alpha value is -7.05. The number of nitrogen functional groups attached to an aromatic ring is 2. The highest BCUT2D eigenvalue weighted by molar-refractivity contribution is 7.50. The quantitative estimate of drug-likeness (QED) is 0.0853. The topological polar surface area (TPSA) is 206 Å². The van der Waals surface area contributed by atoms with Gasteiger partial charge in [-0.25, -0.2) is 9.97 Å². The third kappa shape index (κ3) is 13.5. The molecule has 4 aromatic carbocycles. The molecule has 0 saturated heterocycles. The summed E-state index contributed by atoms with van der Waals surface area (Å²) in [6.45, 7) is 1.96. The fraction of sp³-hybridized carbons (Fsp3) is 0.111. The zero-order valence-corrected chi connectivity index (χ0v) is 33.1. The molecule has 0 aliphatic heterocycles. The molecule has 8 aromatic rings. The lowest BCUT2D eigenvalue weighted by atomic mass is 10.1. The van der Waals surface area contributed by atoms with Crippen LogP contribution in [0.2, 0.25) is 0 Å². The van der Waals surface area contributed by atoms with E-state index in [2.05, 4.69) is 20.3 Å². The number of pyridine rings is 2. The van der Waals surface area contributed by atoms with E-state index in [0.29, 0.717) is 49.2 Å².